The van der Waals surface area contributed by atoms with Gasteiger partial charge in [-0.3, -0.25) is 9.80 Å². The number of thiophene rings is 1. The quantitative estimate of drug-likeness (QED) is 0.666. The first-order valence-corrected chi connectivity index (χ1v) is 12.2. The average molecular weight is 487 g/mol. The van der Waals surface area contributed by atoms with E-state index < -0.39 is 0 Å². The van der Waals surface area contributed by atoms with Crippen LogP contribution in [0.3, 0.4) is 0 Å². The number of carbonyl (C=O) groups excluding carboxylic acids is 1. The molecule has 1 N–H and O–H groups in total. The fourth-order valence-corrected chi connectivity index (χ4v) is 5.95. The number of hydrogen-bond acceptors (Lipinski definition) is 6. The zero-order chi connectivity index (χ0) is 20.1. The van der Waals surface area contributed by atoms with Gasteiger partial charge in [0.05, 0.1) is 23.6 Å². The first-order valence-electron chi connectivity index (χ1n) is 10.6. The number of carbonyl (C=O) groups is 1. The number of nitrogens with one attached hydrogen (secondary N) is 1. The maximum absolute atomic E-state index is 12.8. The second-order valence-corrected chi connectivity index (χ2v) is 10.5. The van der Waals surface area contributed by atoms with Crippen molar-refractivity contribution in [2.75, 3.05) is 72.2 Å². The van der Waals surface area contributed by atoms with Crippen molar-refractivity contribution in [3.8, 4) is 0 Å². The molecule has 162 valence electrons. The predicted octanol–water partition coefficient (Wildman–Crippen LogP) is 2.08. The van der Waals surface area contributed by atoms with Crippen LogP contribution in [0.25, 0.3) is 0 Å². The van der Waals surface area contributed by atoms with Crippen LogP contribution >= 0.6 is 27.3 Å². The fourth-order valence-electron chi connectivity index (χ4n) is 4.43. The molecule has 3 saturated heterocycles. The number of morpholine rings is 1. The molecule has 2 amide bonds. The summed E-state index contributed by atoms with van der Waals surface area (Å²) in [7, 11) is 0. The Morgan fingerprint density at radius 1 is 1.14 bits per heavy atom. The monoisotopic (exact) mass is 486 g/mol. The molecule has 1 aromatic heterocycles. The molecule has 0 spiro atoms. The highest BCUT2D eigenvalue weighted by Crippen LogP contribution is 2.24. The molecule has 4 heterocycles. The number of ether oxygens (including phenoxy) is 2. The Balaban J connectivity index is 1.24. The van der Waals surface area contributed by atoms with Gasteiger partial charge in [-0.2, -0.15) is 0 Å². The molecule has 0 radical (unpaired) electrons. The van der Waals surface area contributed by atoms with Crippen LogP contribution in [-0.4, -0.2) is 99.0 Å². The SMILES string of the molecule is O=C(NCC(C1CCOC1)N1CCOCC1)N1CCN(Cc2ccc(Br)s2)CC1. The number of amides is 2. The molecule has 3 fully saturated rings. The number of halogens is 1. The molecular weight excluding hydrogens is 456 g/mol. The Labute approximate surface area is 185 Å². The summed E-state index contributed by atoms with van der Waals surface area (Å²) < 4.78 is 12.3. The topological polar surface area (TPSA) is 57.3 Å². The van der Waals surface area contributed by atoms with Crippen molar-refractivity contribution in [2.24, 2.45) is 5.92 Å². The van der Waals surface area contributed by atoms with Crippen LogP contribution in [0.4, 0.5) is 4.79 Å². The van der Waals surface area contributed by atoms with E-state index in [1.54, 1.807) is 11.3 Å². The summed E-state index contributed by atoms with van der Waals surface area (Å²) in [5.41, 5.74) is 0. The minimum absolute atomic E-state index is 0.0701. The van der Waals surface area contributed by atoms with E-state index in [1.165, 1.54) is 8.66 Å². The molecule has 2 atom stereocenters. The standard InChI is InChI=1S/C20H31BrN4O3S/c21-19-2-1-17(29-19)14-23-4-6-25(7-5-23)20(26)22-13-18(16-3-10-28-15-16)24-8-11-27-12-9-24/h1-2,16,18H,3-15H2,(H,22,26). The number of nitrogens with zero attached hydrogens (tertiary/aromatic N) is 3. The highest BCUT2D eigenvalue weighted by atomic mass is 79.9. The molecule has 0 aromatic carbocycles. The van der Waals surface area contributed by atoms with Crippen LogP contribution in [0.2, 0.25) is 0 Å². The molecule has 3 aliphatic rings. The lowest BCUT2D eigenvalue weighted by Crippen LogP contribution is -2.56. The number of rotatable bonds is 6. The number of hydrogen-bond donors (Lipinski definition) is 1. The lowest BCUT2D eigenvalue weighted by Gasteiger charge is -2.38. The van der Waals surface area contributed by atoms with Gasteiger partial charge >= 0.3 is 6.03 Å². The minimum Gasteiger partial charge on any atom is -0.381 e. The number of urea groups is 1. The summed E-state index contributed by atoms with van der Waals surface area (Å²) in [6.07, 6.45) is 1.08. The molecule has 1 aromatic rings. The van der Waals surface area contributed by atoms with E-state index in [4.69, 9.17) is 9.47 Å². The smallest absolute Gasteiger partial charge is 0.317 e. The largest absolute Gasteiger partial charge is 0.381 e. The van der Waals surface area contributed by atoms with Crippen LogP contribution < -0.4 is 5.32 Å². The van der Waals surface area contributed by atoms with Crippen molar-refractivity contribution in [1.82, 2.24) is 20.0 Å². The Hall–Kier alpha value is -0.710. The Kier molecular flexibility index (Phi) is 7.83. The first-order chi connectivity index (χ1) is 14.2. The fraction of sp³-hybridized carbons (Fsp3) is 0.750. The highest BCUT2D eigenvalue weighted by molar-refractivity contribution is 9.11. The van der Waals surface area contributed by atoms with Crippen LogP contribution in [0, 0.1) is 5.92 Å². The Morgan fingerprint density at radius 3 is 2.59 bits per heavy atom. The van der Waals surface area contributed by atoms with Crippen LogP contribution in [0.5, 0.6) is 0 Å². The Bertz CT molecular complexity index is 656. The van der Waals surface area contributed by atoms with Crippen LogP contribution in [-0.2, 0) is 16.0 Å². The molecule has 3 aliphatic heterocycles. The summed E-state index contributed by atoms with van der Waals surface area (Å²) in [4.78, 5) is 21.0. The number of piperazine rings is 1. The first kappa shape index (κ1) is 21.5. The van der Waals surface area contributed by atoms with Gasteiger partial charge in [0.25, 0.3) is 0 Å². The summed E-state index contributed by atoms with van der Waals surface area (Å²) in [5.74, 6) is 0.496. The molecular formula is C20H31BrN4O3S. The maximum atomic E-state index is 12.8. The van der Waals surface area contributed by atoms with Gasteiger partial charge in [0, 0.05) is 75.8 Å². The van der Waals surface area contributed by atoms with Crippen molar-refractivity contribution >= 4 is 33.3 Å². The van der Waals surface area contributed by atoms with E-state index in [0.29, 0.717) is 18.5 Å². The summed E-state index contributed by atoms with van der Waals surface area (Å²) in [6.45, 7) is 10.1. The van der Waals surface area contributed by atoms with E-state index in [-0.39, 0.29) is 6.03 Å². The van der Waals surface area contributed by atoms with Gasteiger partial charge in [-0.15, -0.1) is 11.3 Å². The third-order valence-electron chi connectivity index (χ3n) is 6.15. The zero-order valence-electron chi connectivity index (χ0n) is 16.9. The second kappa shape index (κ2) is 10.5. The van der Waals surface area contributed by atoms with E-state index in [9.17, 15) is 4.79 Å². The molecule has 29 heavy (non-hydrogen) atoms. The van der Waals surface area contributed by atoms with Crippen molar-refractivity contribution in [3.05, 3.63) is 20.8 Å². The predicted molar refractivity (Wildman–Crippen MR) is 117 cm³/mol. The molecule has 2 unspecified atom stereocenters. The summed E-state index contributed by atoms with van der Waals surface area (Å²) in [5, 5.41) is 3.22. The van der Waals surface area contributed by atoms with Crippen LogP contribution in [0.15, 0.2) is 15.9 Å². The summed E-state index contributed by atoms with van der Waals surface area (Å²) in [6, 6.07) is 4.68. The maximum Gasteiger partial charge on any atom is 0.317 e. The molecule has 0 bridgehead atoms. The normalized spacial score (nSPS) is 25.3. The molecule has 4 rings (SSSR count). The van der Waals surface area contributed by atoms with E-state index >= 15 is 0 Å². The molecule has 0 saturated carbocycles. The van der Waals surface area contributed by atoms with Gasteiger partial charge in [0.2, 0.25) is 0 Å². The molecule has 0 aliphatic carbocycles. The second-order valence-electron chi connectivity index (χ2n) is 7.99. The van der Waals surface area contributed by atoms with E-state index in [2.05, 4.69) is 43.2 Å². The minimum atomic E-state index is 0.0701. The zero-order valence-corrected chi connectivity index (χ0v) is 19.3. The van der Waals surface area contributed by atoms with Gasteiger partial charge in [-0.1, -0.05) is 0 Å². The van der Waals surface area contributed by atoms with Gasteiger partial charge in [0.15, 0.2) is 0 Å². The van der Waals surface area contributed by atoms with E-state index in [0.717, 1.165) is 78.7 Å². The van der Waals surface area contributed by atoms with Crippen molar-refractivity contribution in [3.63, 3.8) is 0 Å². The van der Waals surface area contributed by atoms with E-state index in [1.807, 2.05) is 4.90 Å². The van der Waals surface area contributed by atoms with Crippen molar-refractivity contribution in [2.45, 2.75) is 19.0 Å². The third-order valence-corrected chi connectivity index (χ3v) is 7.76. The lowest BCUT2D eigenvalue weighted by molar-refractivity contribution is 0.00174. The summed E-state index contributed by atoms with van der Waals surface area (Å²) >= 11 is 5.31. The van der Waals surface area contributed by atoms with Gasteiger partial charge < -0.3 is 19.7 Å². The average Bonchev–Trinajstić information content (AvgIpc) is 3.42. The van der Waals surface area contributed by atoms with Gasteiger partial charge in [-0.25, -0.2) is 4.79 Å². The highest BCUT2D eigenvalue weighted by Gasteiger charge is 2.32. The Morgan fingerprint density at radius 2 is 1.93 bits per heavy atom. The van der Waals surface area contributed by atoms with Crippen molar-refractivity contribution in [1.29, 1.82) is 0 Å². The lowest BCUT2D eigenvalue weighted by atomic mass is 9.97. The molecule has 7 nitrogen and oxygen atoms in total. The third kappa shape index (κ3) is 5.92. The van der Waals surface area contributed by atoms with Crippen molar-refractivity contribution < 1.29 is 14.3 Å². The van der Waals surface area contributed by atoms with Crippen LogP contribution in [0.1, 0.15) is 11.3 Å². The molecule has 9 heteroatoms. The van der Waals surface area contributed by atoms with Gasteiger partial charge in [-0.05, 0) is 34.5 Å². The van der Waals surface area contributed by atoms with Gasteiger partial charge in [0.1, 0.15) is 0 Å².